The zero-order chi connectivity index (χ0) is 10.9. The molecule has 0 saturated heterocycles. The predicted molar refractivity (Wildman–Crippen MR) is 62.6 cm³/mol. The molecule has 1 saturated carbocycles. The van der Waals surface area contributed by atoms with Gasteiger partial charge in [0.2, 0.25) is 0 Å². The average molecular weight is 206 g/mol. The normalized spacial score (nSPS) is 36.9. The second-order valence-electron chi connectivity index (χ2n) is 5.56. The van der Waals surface area contributed by atoms with Crippen LogP contribution in [-0.2, 0) is 4.79 Å². The molecule has 1 nitrogen and oxygen atoms in total. The van der Waals surface area contributed by atoms with Crippen LogP contribution in [0.15, 0.2) is 11.6 Å². The lowest BCUT2D eigenvalue weighted by Crippen LogP contribution is -2.31. The Morgan fingerprint density at radius 3 is 3.13 bits per heavy atom. The van der Waals surface area contributed by atoms with E-state index in [0.717, 1.165) is 12.2 Å². The van der Waals surface area contributed by atoms with Crippen LogP contribution < -0.4 is 0 Å². The molecule has 0 aromatic rings. The Kier molecular flexibility index (Phi) is 2.99. The molecule has 0 aromatic carbocycles. The van der Waals surface area contributed by atoms with Crippen molar-refractivity contribution in [2.24, 2.45) is 17.3 Å². The summed E-state index contributed by atoms with van der Waals surface area (Å²) < 4.78 is 0. The van der Waals surface area contributed by atoms with E-state index in [9.17, 15) is 4.79 Å². The van der Waals surface area contributed by atoms with Gasteiger partial charge in [-0.25, -0.2) is 0 Å². The van der Waals surface area contributed by atoms with Crippen molar-refractivity contribution in [3.63, 3.8) is 0 Å². The Morgan fingerprint density at radius 2 is 2.40 bits per heavy atom. The molecule has 0 aliphatic heterocycles. The Morgan fingerprint density at radius 1 is 1.60 bits per heavy atom. The zero-order valence-electron chi connectivity index (χ0n) is 9.96. The van der Waals surface area contributed by atoms with Gasteiger partial charge >= 0.3 is 0 Å². The van der Waals surface area contributed by atoms with Crippen LogP contribution in [0.1, 0.15) is 52.4 Å². The minimum Gasteiger partial charge on any atom is -0.303 e. The van der Waals surface area contributed by atoms with Gasteiger partial charge in [0.25, 0.3) is 0 Å². The third-order valence-corrected chi connectivity index (χ3v) is 4.66. The first-order valence-electron chi connectivity index (χ1n) is 6.32. The Labute approximate surface area is 92.9 Å². The number of hydrogen-bond acceptors (Lipinski definition) is 1. The molecule has 0 heterocycles. The van der Waals surface area contributed by atoms with E-state index in [1.54, 1.807) is 5.57 Å². The van der Waals surface area contributed by atoms with Crippen molar-refractivity contribution in [1.82, 2.24) is 0 Å². The molecular formula is C14H22O. The first kappa shape index (κ1) is 10.9. The lowest BCUT2D eigenvalue weighted by molar-refractivity contribution is -0.108. The van der Waals surface area contributed by atoms with Gasteiger partial charge in [-0.3, -0.25) is 0 Å². The fourth-order valence-electron chi connectivity index (χ4n) is 3.70. The van der Waals surface area contributed by atoms with Crippen molar-refractivity contribution in [1.29, 1.82) is 0 Å². The smallest absolute Gasteiger partial charge is 0.120 e. The van der Waals surface area contributed by atoms with Crippen LogP contribution in [0.2, 0.25) is 0 Å². The third kappa shape index (κ3) is 1.77. The molecule has 3 atom stereocenters. The largest absolute Gasteiger partial charge is 0.303 e. The maximum absolute atomic E-state index is 10.6. The summed E-state index contributed by atoms with van der Waals surface area (Å²) >= 11 is 0. The van der Waals surface area contributed by atoms with Gasteiger partial charge in [0.15, 0.2) is 0 Å². The molecule has 2 aliphatic rings. The average Bonchev–Trinajstić information content (AvgIpc) is 2.55. The molecule has 84 valence electrons. The van der Waals surface area contributed by atoms with Gasteiger partial charge in [-0.2, -0.15) is 0 Å². The van der Waals surface area contributed by atoms with Crippen LogP contribution in [0.25, 0.3) is 0 Å². The van der Waals surface area contributed by atoms with Crippen LogP contribution in [0.3, 0.4) is 0 Å². The lowest BCUT2D eigenvalue weighted by atomic mass is 9.64. The molecule has 0 radical (unpaired) electrons. The van der Waals surface area contributed by atoms with E-state index in [2.05, 4.69) is 19.9 Å². The molecular weight excluding hydrogens is 184 g/mol. The maximum Gasteiger partial charge on any atom is 0.120 e. The maximum atomic E-state index is 10.6. The van der Waals surface area contributed by atoms with Gasteiger partial charge < -0.3 is 4.79 Å². The summed E-state index contributed by atoms with van der Waals surface area (Å²) in [5.74, 6) is 1.34. The van der Waals surface area contributed by atoms with Gasteiger partial charge in [0, 0.05) is 6.42 Å². The van der Waals surface area contributed by atoms with Crippen LogP contribution in [0.5, 0.6) is 0 Å². The van der Waals surface area contributed by atoms with Crippen LogP contribution in [-0.4, -0.2) is 6.29 Å². The van der Waals surface area contributed by atoms with E-state index in [0.29, 0.717) is 17.8 Å². The Balaban J connectivity index is 2.15. The number of carbonyl (C=O) groups excluding carboxylic acids is 1. The van der Waals surface area contributed by atoms with Crippen molar-refractivity contribution < 1.29 is 4.79 Å². The Hall–Kier alpha value is -0.590. The van der Waals surface area contributed by atoms with Crippen LogP contribution in [0.4, 0.5) is 0 Å². The molecule has 0 amide bonds. The number of rotatable bonds is 3. The topological polar surface area (TPSA) is 17.1 Å². The lowest BCUT2D eigenvalue weighted by Gasteiger charge is -2.40. The monoisotopic (exact) mass is 206 g/mol. The van der Waals surface area contributed by atoms with E-state index in [-0.39, 0.29) is 0 Å². The van der Waals surface area contributed by atoms with E-state index < -0.39 is 0 Å². The van der Waals surface area contributed by atoms with Crippen molar-refractivity contribution in [3.8, 4) is 0 Å². The van der Waals surface area contributed by atoms with Gasteiger partial charge in [0.05, 0.1) is 0 Å². The SMILES string of the molecule is CC(CC=O)C1=CCC2CCCCC12C. The number of fused-ring (bicyclic) bond motifs is 1. The molecule has 0 N–H and O–H groups in total. The first-order valence-corrected chi connectivity index (χ1v) is 6.32. The molecule has 1 fully saturated rings. The van der Waals surface area contributed by atoms with Crippen LogP contribution in [0, 0.1) is 17.3 Å². The summed E-state index contributed by atoms with van der Waals surface area (Å²) in [5.41, 5.74) is 2.01. The highest BCUT2D eigenvalue weighted by molar-refractivity contribution is 5.51. The van der Waals surface area contributed by atoms with E-state index in [4.69, 9.17) is 0 Å². The molecule has 2 aliphatic carbocycles. The van der Waals surface area contributed by atoms with Gasteiger partial charge in [-0.05, 0) is 36.5 Å². The minimum atomic E-state index is 0.431. The molecule has 0 bridgehead atoms. The number of allylic oxidation sites excluding steroid dienone is 2. The van der Waals surface area contributed by atoms with Gasteiger partial charge in [-0.1, -0.05) is 38.3 Å². The van der Waals surface area contributed by atoms with Crippen LogP contribution >= 0.6 is 0 Å². The summed E-state index contributed by atoms with van der Waals surface area (Å²) in [6, 6.07) is 0. The summed E-state index contributed by atoms with van der Waals surface area (Å²) in [7, 11) is 0. The third-order valence-electron chi connectivity index (χ3n) is 4.66. The number of carbonyl (C=O) groups is 1. The highest BCUT2D eigenvalue weighted by Gasteiger charge is 2.43. The van der Waals surface area contributed by atoms with Gasteiger partial charge in [0.1, 0.15) is 6.29 Å². The minimum absolute atomic E-state index is 0.431. The van der Waals surface area contributed by atoms with Gasteiger partial charge in [-0.15, -0.1) is 0 Å². The first-order chi connectivity index (χ1) is 7.18. The molecule has 0 spiro atoms. The highest BCUT2D eigenvalue weighted by atomic mass is 16.1. The number of hydrogen-bond donors (Lipinski definition) is 0. The standard InChI is InChI=1S/C14H22O/c1-11(8-10-15)13-7-6-12-5-3-4-9-14(12,13)2/h7,10-12H,3-6,8-9H2,1-2H3. The van der Waals surface area contributed by atoms with Crippen molar-refractivity contribution >= 4 is 6.29 Å². The molecule has 2 rings (SSSR count). The molecule has 1 heteroatoms. The molecule has 15 heavy (non-hydrogen) atoms. The quantitative estimate of drug-likeness (QED) is 0.508. The fraction of sp³-hybridized carbons (Fsp3) is 0.786. The number of aldehydes is 1. The van der Waals surface area contributed by atoms with E-state index in [1.807, 2.05) is 0 Å². The van der Waals surface area contributed by atoms with E-state index >= 15 is 0 Å². The van der Waals surface area contributed by atoms with E-state index in [1.165, 1.54) is 32.1 Å². The highest BCUT2D eigenvalue weighted by Crippen LogP contribution is 2.54. The zero-order valence-corrected chi connectivity index (χ0v) is 9.96. The summed E-state index contributed by atoms with van der Waals surface area (Å²) in [4.78, 5) is 10.6. The molecule has 3 unspecified atom stereocenters. The molecule has 0 aromatic heterocycles. The fourth-order valence-corrected chi connectivity index (χ4v) is 3.70. The van der Waals surface area contributed by atoms with Crippen molar-refractivity contribution in [2.45, 2.75) is 52.4 Å². The summed E-state index contributed by atoms with van der Waals surface area (Å²) in [6.07, 6.45) is 11.0. The summed E-state index contributed by atoms with van der Waals surface area (Å²) in [5, 5.41) is 0. The summed E-state index contributed by atoms with van der Waals surface area (Å²) in [6.45, 7) is 4.64. The predicted octanol–water partition coefficient (Wildman–Crippen LogP) is 3.74. The van der Waals surface area contributed by atoms with Crippen molar-refractivity contribution in [2.75, 3.05) is 0 Å². The second kappa shape index (κ2) is 4.11. The second-order valence-corrected chi connectivity index (χ2v) is 5.56. The Bertz CT molecular complexity index is 279. The van der Waals surface area contributed by atoms with Crippen molar-refractivity contribution in [3.05, 3.63) is 11.6 Å².